The fourth-order valence-corrected chi connectivity index (χ4v) is 7.13. The van der Waals surface area contributed by atoms with Crippen LogP contribution in [-0.2, 0) is 25.2 Å². The van der Waals surface area contributed by atoms with Gasteiger partial charge >= 0.3 is 6.09 Å². The summed E-state index contributed by atoms with van der Waals surface area (Å²) < 4.78 is 61.1. The molecule has 0 saturated heterocycles. The second-order valence-electron chi connectivity index (χ2n) is 12.6. The minimum Gasteiger partial charge on any atom is -0.506 e. The molecular weight excluding hydrogens is 622 g/mol. The van der Waals surface area contributed by atoms with Gasteiger partial charge in [0.15, 0.2) is 11.6 Å². The van der Waals surface area contributed by atoms with Gasteiger partial charge in [-0.05, 0) is 70.2 Å². The Morgan fingerprint density at radius 1 is 1.13 bits per heavy atom. The summed E-state index contributed by atoms with van der Waals surface area (Å²) in [4.78, 5) is 25.7. The fourth-order valence-electron chi connectivity index (χ4n) is 5.06. The van der Waals surface area contributed by atoms with Gasteiger partial charge < -0.3 is 20.5 Å². The van der Waals surface area contributed by atoms with E-state index in [0.29, 0.717) is 23.5 Å². The molecule has 15 heteroatoms. The summed E-state index contributed by atoms with van der Waals surface area (Å²) in [6.45, 7) is 10.9. The van der Waals surface area contributed by atoms with Gasteiger partial charge in [-0.15, -0.1) is 4.40 Å². The minimum atomic E-state index is -4.11. The van der Waals surface area contributed by atoms with Crippen LogP contribution in [0.15, 0.2) is 57.3 Å². The van der Waals surface area contributed by atoms with Crippen molar-refractivity contribution < 1.29 is 37.0 Å². The summed E-state index contributed by atoms with van der Waals surface area (Å²) in [5.41, 5.74) is -0.514. The molecule has 0 fully saturated rings. The maximum Gasteiger partial charge on any atom is 0.407 e. The highest BCUT2D eigenvalue weighted by Gasteiger charge is 2.46. The summed E-state index contributed by atoms with van der Waals surface area (Å²) in [6, 6.07) is 11.1. The van der Waals surface area contributed by atoms with Gasteiger partial charge in [-0.3, -0.25) is 18.6 Å². The third-order valence-electron chi connectivity index (χ3n) is 7.29. The van der Waals surface area contributed by atoms with Crippen LogP contribution >= 0.6 is 10.8 Å². The third kappa shape index (κ3) is 7.79. The number of benzene rings is 2. The average Bonchev–Trinajstić information content (AvgIpc) is 2.92. The number of nitrogens with one attached hydrogen (secondary N) is 4. The van der Waals surface area contributed by atoms with Crippen LogP contribution in [0.25, 0.3) is 5.76 Å². The van der Waals surface area contributed by atoms with Crippen LogP contribution in [0, 0.1) is 5.92 Å². The second-order valence-corrected chi connectivity index (χ2v) is 15.7. The SMILES string of the molecule is CC(C)CCC1(C)C(=O)C(C2=NS(O)(O)c3cc(NS(=O)(=O)NCCNC(=O)OC(C)(C)C)ccc3N2)=C(O)c2ccccc21. The third-order valence-corrected chi connectivity index (χ3v) is 9.74. The van der Waals surface area contributed by atoms with E-state index in [9.17, 15) is 32.2 Å². The molecule has 13 nitrogen and oxygen atoms in total. The van der Waals surface area contributed by atoms with Gasteiger partial charge in [0.05, 0.1) is 16.8 Å². The predicted octanol–water partition coefficient (Wildman–Crippen LogP) is 5.55. The molecule has 2 aromatic rings. The first-order valence-electron chi connectivity index (χ1n) is 14.4. The zero-order valence-corrected chi connectivity index (χ0v) is 27.7. The molecule has 246 valence electrons. The van der Waals surface area contributed by atoms with E-state index in [1.165, 1.54) is 18.2 Å². The molecule has 1 unspecified atom stereocenters. The van der Waals surface area contributed by atoms with Crippen molar-refractivity contribution in [2.45, 2.75) is 70.3 Å². The largest absolute Gasteiger partial charge is 0.506 e. The van der Waals surface area contributed by atoms with Crippen LogP contribution in [0.2, 0.25) is 0 Å². The number of carbonyl (C=O) groups excluding carboxylic acids is 2. The molecule has 45 heavy (non-hydrogen) atoms. The van der Waals surface area contributed by atoms with E-state index in [-0.39, 0.29) is 46.5 Å². The Kier molecular flexibility index (Phi) is 9.62. The number of aliphatic hydroxyl groups is 1. The number of Topliss-reactive ketones (excluding diaryl/α,β-unsaturated/α-hetero) is 1. The van der Waals surface area contributed by atoms with E-state index in [1.807, 2.05) is 19.1 Å². The molecule has 1 aliphatic carbocycles. The van der Waals surface area contributed by atoms with Gasteiger partial charge in [0.25, 0.3) is 10.2 Å². The molecule has 1 atom stereocenters. The van der Waals surface area contributed by atoms with Crippen LogP contribution in [0.4, 0.5) is 16.2 Å². The van der Waals surface area contributed by atoms with Gasteiger partial charge in [0.2, 0.25) is 0 Å². The van der Waals surface area contributed by atoms with Crippen LogP contribution in [0.1, 0.15) is 65.5 Å². The maximum atomic E-state index is 14.1. The van der Waals surface area contributed by atoms with Crippen LogP contribution in [0.3, 0.4) is 0 Å². The van der Waals surface area contributed by atoms with E-state index in [1.54, 1.807) is 32.9 Å². The number of hydrogen-bond donors (Lipinski definition) is 7. The highest BCUT2D eigenvalue weighted by Crippen LogP contribution is 2.57. The Morgan fingerprint density at radius 3 is 2.49 bits per heavy atom. The number of aliphatic hydroxyl groups excluding tert-OH is 1. The van der Waals surface area contributed by atoms with Crippen molar-refractivity contribution in [3.8, 4) is 0 Å². The van der Waals surface area contributed by atoms with Crippen molar-refractivity contribution in [3.63, 3.8) is 0 Å². The Morgan fingerprint density at radius 2 is 1.82 bits per heavy atom. The second kappa shape index (κ2) is 12.6. The first-order valence-corrected chi connectivity index (χ1v) is 17.4. The quantitative estimate of drug-likeness (QED) is 0.159. The Hall–Kier alpha value is -3.63. The number of carbonyl (C=O) groups is 2. The van der Waals surface area contributed by atoms with Crippen molar-refractivity contribution in [3.05, 3.63) is 59.2 Å². The predicted molar refractivity (Wildman–Crippen MR) is 176 cm³/mol. The number of hydrogen-bond acceptors (Lipinski definition) is 10. The van der Waals surface area contributed by atoms with Crippen molar-refractivity contribution in [1.29, 1.82) is 0 Å². The van der Waals surface area contributed by atoms with Crippen LogP contribution in [-0.4, -0.2) is 59.0 Å². The molecule has 1 aliphatic heterocycles. The number of amides is 1. The molecule has 0 aromatic heterocycles. The molecular formula is C30H41N5O8S2. The topological polar surface area (TPSA) is 199 Å². The van der Waals surface area contributed by atoms with Crippen LogP contribution in [0.5, 0.6) is 0 Å². The standard InChI is InChI=1S/C30H41N5O8S2/c1-18(2)13-14-30(6)21-10-8-7-9-20(21)25(36)24(26(30)37)27-33-22-12-11-19(17-23(22)44(39,40)35-27)34-45(41,42)32-16-15-31-28(38)43-29(3,4)5/h7-12,17-18,32,34,36,39-40H,13-16H2,1-6H3,(H,31,38)(H,33,35). The molecule has 7 N–H and O–H groups in total. The molecule has 0 saturated carbocycles. The highest BCUT2D eigenvalue weighted by molar-refractivity contribution is 8.23. The lowest BCUT2D eigenvalue weighted by atomic mass is 9.66. The van der Waals surface area contributed by atoms with Crippen molar-refractivity contribution in [2.24, 2.45) is 10.3 Å². The summed E-state index contributed by atoms with van der Waals surface area (Å²) in [6.07, 6.45) is 0.563. The zero-order valence-electron chi connectivity index (χ0n) is 26.1. The van der Waals surface area contributed by atoms with Crippen molar-refractivity contribution in [1.82, 2.24) is 10.0 Å². The van der Waals surface area contributed by atoms with Gasteiger partial charge in [-0.25, -0.2) is 4.79 Å². The highest BCUT2D eigenvalue weighted by atomic mass is 32.3. The molecule has 2 aromatic carbocycles. The maximum absolute atomic E-state index is 14.1. The summed E-state index contributed by atoms with van der Waals surface area (Å²) in [5, 5.41) is 16.7. The van der Waals surface area contributed by atoms with Gasteiger partial charge in [-0.2, -0.15) is 13.1 Å². The van der Waals surface area contributed by atoms with E-state index in [4.69, 9.17) is 4.74 Å². The smallest absolute Gasteiger partial charge is 0.407 e. The fraction of sp³-hybridized carbons (Fsp3) is 0.433. The number of fused-ring (bicyclic) bond motifs is 2. The summed E-state index contributed by atoms with van der Waals surface area (Å²) >= 11 is 0. The Balaban J connectivity index is 1.55. The normalized spacial score (nSPS) is 20.0. The molecule has 4 rings (SSSR count). The van der Waals surface area contributed by atoms with Crippen molar-refractivity contribution >= 4 is 55.8 Å². The average molecular weight is 664 g/mol. The van der Waals surface area contributed by atoms with E-state index < -0.39 is 43.9 Å². The van der Waals surface area contributed by atoms with Gasteiger partial charge in [0, 0.05) is 18.7 Å². The Labute approximate surface area is 265 Å². The molecule has 0 bridgehead atoms. The van der Waals surface area contributed by atoms with E-state index in [0.717, 1.165) is 6.42 Å². The summed E-state index contributed by atoms with van der Waals surface area (Å²) in [7, 11) is -8.05. The number of alkyl carbamates (subject to hydrolysis) is 1. The van der Waals surface area contributed by atoms with Crippen LogP contribution < -0.4 is 20.1 Å². The lowest BCUT2D eigenvalue weighted by Crippen LogP contribution is -2.42. The minimum absolute atomic E-state index is 0.00719. The summed E-state index contributed by atoms with van der Waals surface area (Å²) in [5.74, 6) is -0.591. The molecule has 2 aliphatic rings. The number of amidine groups is 1. The van der Waals surface area contributed by atoms with E-state index in [2.05, 4.69) is 38.3 Å². The lowest BCUT2D eigenvalue weighted by molar-refractivity contribution is -0.120. The number of rotatable bonds is 10. The van der Waals surface area contributed by atoms with Gasteiger partial charge in [-0.1, -0.05) is 48.9 Å². The molecule has 0 spiro atoms. The lowest BCUT2D eigenvalue weighted by Gasteiger charge is -2.39. The van der Waals surface area contributed by atoms with Crippen molar-refractivity contribution in [2.75, 3.05) is 23.1 Å². The zero-order chi connectivity index (χ0) is 33.4. The Bertz CT molecular complexity index is 1660. The molecule has 0 radical (unpaired) electrons. The van der Waals surface area contributed by atoms with E-state index >= 15 is 0 Å². The van der Waals surface area contributed by atoms with Gasteiger partial charge in [0.1, 0.15) is 21.8 Å². The number of anilines is 2. The number of ether oxygens (including phenoxy) is 1. The monoisotopic (exact) mass is 663 g/mol. The number of ketones is 1. The molecule has 1 heterocycles. The first-order chi connectivity index (χ1) is 20.8. The molecule has 1 amide bonds. The first kappa shape index (κ1) is 34.2. The number of nitrogens with zero attached hydrogens (tertiary/aromatic N) is 1.